The van der Waals surface area contributed by atoms with Gasteiger partial charge >= 0.3 is 5.97 Å². The van der Waals surface area contributed by atoms with Crippen molar-refractivity contribution < 1.29 is 19.1 Å². The van der Waals surface area contributed by atoms with Gasteiger partial charge in [-0.2, -0.15) is 5.10 Å². The summed E-state index contributed by atoms with van der Waals surface area (Å²) in [6.07, 6.45) is 1.40. The number of thiophene rings is 1. The fraction of sp³-hybridized carbons (Fsp3) is 0.0417. The highest BCUT2D eigenvalue weighted by molar-refractivity contribution is 7.21. The van der Waals surface area contributed by atoms with Gasteiger partial charge < -0.3 is 9.47 Å². The topological polar surface area (TPSA) is 77.0 Å². The molecule has 6 nitrogen and oxygen atoms in total. The number of rotatable bonds is 7. The molecule has 1 amide bonds. The first-order valence-electron chi connectivity index (χ1n) is 9.60. The second kappa shape index (κ2) is 10.1. The number of hydrogen-bond donors (Lipinski definition) is 1. The summed E-state index contributed by atoms with van der Waals surface area (Å²) in [4.78, 5) is 25.0. The van der Waals surface area contributed by atoms with Crippen molar-refractivity contribution in [3.63, 3.8) is 0 Å². The van der Waals surface area contributed by atoms with E-state index in [9.17, 15) is 9.59 Å². The van der Waals surface area contributed by atoms with Crippen LogP contribution in [0.1, 0.15) is 15.2 Å². The smallest absolute Gasteiger partial charge is 0.355 e. The predicted octanol–water partition coefficient (Wildman–Crippen LogP) is 5.30. The van der Waals surface area contributed by atoms with E-state index >= 15 is 0 Å². The van der Waals surface area contributed by atoms with Crippen molar-refractivity contribution >= 4 is 51.1 Å². The number of hydrazone groups is 1. The van der Waals surface area contributed by atoms with Crippen LogP contribution >= 0.6 is 22.9 Å². The van der Waals surface area contributed by atoms with Crippen LogP contribution in [0.2, 0.25) is 5.02 Å². The van der Waals surface area contributed by atoms with Crippen LogP contribution in [-0.2, 0) is 4.79 Å². The number of ether oxygens (including phenoxy) is 2. The number of esters is 1. The number of nitrogens with zero attached hydrogens (tertiary/aromatic N) is 1. The number of amides is 1. The average Bonchev–Trinajstić information content (AvgIpc) is 3.16. The minimum atomic E-state index is -0.558. The molecular formula is C24H17ClN2O4S. The highest BCUT2D eigenvalue weighted by Crippen LogP contribution is 2.35. The Bertz CT molecular complexity index is 1290. The predicted molar refractivity (Wildman–Crippen MR) is 126 cm³/mol. The molecule has 160 valence electrons. The molecule has 0 atom stereocenters. The van der Waals surface area contributed by atoms with Crippen LogP contribution in [0.15, 0.2) is 84.0 Å². The third-order valence-electron chi connectivity index (χ3n) is 4.35. The Morgan fingerprint density at radius 1 is 0.969 bits per heavy atom. The van der Waals surface area contributed by atoms with Crippen LogP contribution in [0.3, 0.4) is 0 Å². The summed E-state index contributed by atoms with van der Waals surface area (Å²) in [6.45, 7) is -0.178. The van der Waals surface area contributed by atoms with Crippen LogP contribution in [0.5, 0.6) is 11.5 Å². The molecule has 3 aromatic carbocycles. The Hall–Kier alpha value is -3.68. The fourth-order valence-corrected chi connectivity index (χ4v) is 4.23. The maximum absolute atomic E-state index is 12.7. The fourth-order valence-electron chi connectivity index (χ4n) is 2.84. The number of nitrogens with one attached hydrogen (secondary N) is 1. The van der Waals surface area contributed by atoms with Gasteiger partial charge in [0.25, 0.3) is 5.91 Å². The first-order chi connectivity index (χ1) is 15.6. The molecule has 1 aromatic heterocycles. The van der Waals surface area contributed by atoms with Gasteiger partial charge in [-0.1, -0.05) is 60.1 Å². The lowest BCUT2D eigenvalue weighted by atomic mass is 10.2. The summed E-state index contributed by atoms with van der Waals surface area (Å²) in [5.41, 5.74) is 2.90. The average molecular weight is 465 g/mol. The summed E-state index contributed by atoms with van der Waals surface area (Å²) >= 11 is 7.65. The molecule has 0 spiro atoms. The first kappa shape index (κ1) is 21.5. The third kappa shape index (κ3) is 5.14. The van der Waals surface area contributed by atoms with Crippen molar-refractivity contribution in [1.29, 1.82) is 0 Å². The zero-order valence-electron chi connectivity index (χ0n) is 16.7. The highest BCUT2D eigenvalue weighted by Gasteiger charge is 2.19. The van der Waals surface area contributed by atoms with Gasteiger partial charge in [0.15, 0.2) is 6.61 Å². The van der Waals surface area contributed by atoms with E-state index in [-0.39, 0.29) is 6.61 Å². The lowest BCUT2D eigenvalue weighted by Gasteiger charge is -2.07. The van der Waals surface area contributed by atoms with Crippen molar-refractivity contribution in [3.8, 4) is 11.5 Å². The van der Waals surface area contributed by atoms with E-state index < -0.39 is 11.9 Å². The van der Waals surface area contributed by atoms with Crippen LogP contribution < -0.4 is 14.9 Å². The van der Waals surface area contributed by atoms with Gasteiger partial charge in [-0.3, -0.25) is 4.79 Å². The number of carbonyl (C=O) groups excluding carboxylic acids is 2. The molecule has 0 aliphatic carbocycles. The van der Waals surface area contributed by atoms with E-state index in [0.717, 1.165) is 10.1 Å². The van der Waals surface area contributed by atoms with Crippen molar-refractivity contribution in [2.45, 2.75) is 0 Å². The lowest BCUT2D eigenvalue weighted by molar-refractivity contribution is -0.123. The quantitative estimate of drug-likeness (QED) is 0.174. The summed E-state index contributed by atoms with van der Waals surface area (Å²) in [7, 11) is 0. The van der Waals surface area contributed by atoms with Gasteiger partial charge in [-0.05, 0) is 30.3 Å². The van der Waals surface area contributed by atoms with Gasteiger partial charge in [0.1, 0.15) is 16.4 Å². The Morgan fingerprint density at radius 2 is 1.69 bits per heavy atom. The number of halogens is 1. The molecule has 1 heterocycles. The van der Waals surface area contributed by atoms with Crippen molar-refractivity contribution in [1.82, 2.24) is 5.43 Å². The van der Waals surface area contributed by atoms with Gasteiger partial charge in [0.05, 0.1) is 11.2 Å². The SMILES string of the molecule is O=C(COc1ccccc1)NN=Cc1ccccc1OC(=O)c1sc2ccccc2c1Cl. The number of para-hydroxylation sites is 2. The minimum Gasteiger partial charge on any atom is -0.484 e. The van der Waals surface area contributed by atoms with Gasteiger partial charge in [0, 0.05) is 15.6 Å². The van der Waals surface area contributed by atoms with Crippen LogP contribution in [0, 0.1) is 0 Å². The molecule has 0 aliphatic rings. The van der Waals surface area contributed by atoms with Gasteiger partial charge in [-0.25, -0.2) is 10.2 Å². The summed E-state index contributed by atoms with van der Waals surface area (Å²) in [5.74, 6) is -0.0951. The lowest BCUT2D eigenvalue weighted by Crippen LogP contribution is -2.24. The molecule has 0 unspecified atom stereocenters. The molecule has 0 saturated heterocycles. The molecule has 0 fully saturated rings. The van der Waals surface area contributed by atoms with E-state index in [1.54, 1.807) is 36.4 Å². The molecule has 0 aliphatic heterocycles. The molecule has 8 heteroatoms. The maximum atomic E-state index is 12.7. The van der Waals surface area contributed by atoms with Crippen molar-refractivity contribution in [2.24, 2.45) is 5.10 Å². The van der Waals surface area contributed by atoms with E-state index in [1.165, 1.54) is 17.6 Å². The minimum absolute atomic E-state index is 0.178. The van der Waals surface area contributed by atoms with Crippen LogP contribution in [-0.4, -0.2) is 24.7 Å². The monoisotopic (exact) mass is 464 g/mol. The normalized spacial score (nSPS) is 10.9. The second-order valence-electron chi connectivity index (χ2n) is 6.56. The van der Waals surface area contributed by atoms with Crippen molar-refractivity contribution in [3.05, 3.63) is 94.3 Å². The number of fused-ring (bicyclic) bond motifs is 1. The van der Waals surface area contributed by atoms with E-state index in [2.05, 4.69) is 10.5 Å². The molecule has 1 N–H and O–H groups in total. The Morgan fingerprint density at radius 3 is 2.50 bits per heavy atom. The summed E-state index contributed by atoms with van der Waals surface area (Å²) < 4.78 is 11.8. The molecule has 0 bridgehead atoms. The first-order valence-corrected chi connectivity index (χ1v) is 10.8. The molecule has 0 radical (unpaired) electrons. The second-order valence-corrected chi connectivity index (χ2v) is 7.99. The molecule has 32 heavy (non-hydrogen) atoms. The van der Waals surface area contributed by atoms with E-state index in [0.29, 0.717) is 27.0 Å². The van der Waals surface area contributed by atoms with E-state index in [4.69, 9.17) is 21.1 Å². The van der Waals surface area contributed by atoms with Gasteiger partial charge in [0.2, 0.25) is 0 Å². The molecule has 4 rings (SSSR count). The zero-order chi connectivity index (χ0) is 22.3. The molecule has 4 aromatic rings. The van der Waals surface area contributed by atoms with Crippen LogP contribution in [0.4, 0.5) is 0 Å². The summed E-state index contributed by atoms with van der Waals surface area (Å²) in [5, 5.41) is 5.10. The zero-order valence-corrected chi connectivity index (χ0v) is 18.2. The standard InChI is InChI=1S/C24H17ClN2O4S/c25-22-18-11-5-7-13-20(18)32-23(22)24(29)31-19-12-6-4-8-16(19)14-26-27-21(28)15-30-17-9-2-1-3-10-17/h1-14H,15H2,(H,27,28). The Labute approximate surface area is 193 Å². The van der Waals surface area contributed by atoms with E-state index in [1.807, 2.05) is 42.5 Å². The summed E-state index contributed by atoms with van der Waals surface area (Å²) in [6, 6.07) is 23.4. The number of benzene rings is 3. The van der Waals surface area contributed by atoms with Gasteiger partial charge in [-0.15, -0.1) is 11.3 Å². The number of hydrogen-bond acceptors (Lipinski definition) is 6. The number of carbonyl (C=O) groups is 2. The Balaban J connectivity index is 1.40. The Kier molecular flexibility index (Phi) is 6.79. The molecular weight excluding hydrogens is 448 g/mol. The third-order valence-corrected chi connectivity index (χ3v) is 6.00. The highest BCUT2D eigenvalue weighted by atomic mass is 35.5. The molecule has 0 saturated carbocycles. The van der Waals surface area contributed by atoms with Crippen molar-refractivity contribution in [2.75, 3.05) is 6.61 Å². The maximum Gasteiger partial charge on any atom is 0.355 e. The van der Waals surface area contributed by atoms with Crippen LogP contribution in [0.25, 0.3) is 10.1 Å². The largest absolute Gasteiger partial charge is 0.484 e.